The summed E-state index contributed by atoms with van der Waals surface area (Å²) in [5, 5.41) is 16.0. The molecule has 1 aromatic carbocycles. The zero-order chi connectivity index (χ0) is 15.1. The van der Waals surface area contributed by atoms with Gasteiger partial charge in [0.15, 0.2) is 0 Å². The highest BCUT2D eigenvalue weighted by Gasteiger charge is 2.10. The van der Waals surface area contributed by atoms with Crippen LogP contribution in [0.25, 0.3) is 0 Å². The van der Waals surface area contributed by atoms with Crippen LogP contribution in [0.5, 0.6) is 0 Å². The highest BCUT2D eigenvalue weighted by atomic mass is 35.5. The van der Waals surface area contributed by atoms with Crippen LogP contribution in [0.1, 0.15) is 23.4 Å². The van der Waals surface area contributed by atoms with Crippen LogP contribution in [0.3, 0.4) is 0 Å². The van der Waals surface area contributed by atoms with Gasteiger partial charge in [0.2, 0.25) is 0 Å². The molecule has 2 rings (SSSR count). The second kappa shape index (κ2) is 8.51. The van der Waals surface area contributed by atoms with Crippen molar-refractivity contribution in [2.24, 2.45) is 0 Å². The van der Waals surface area contributed by atoms with Gasteiger partial charge in [-0.25, -0.2) is 0 Å². The molecule has 5 heteroatoms. The molecule has 0 aliphatic heterocycles. The average Bonchev–Trinajstić information content (AvgIpc) is 3.01. The van der Waals surface area contributed by atoms with Crippen LogP contribution in [0.2, 0.25) is 5.02 Å². The maximum Gasteiger partial charge on any atom is 0.0898 e. The van der Waals surface area contributed by atoms with Crippen molar-refractivity contribution in [2.75, 3.05) is 13.2 Å². The first-order chi connectivity index (χ1) is 10.2. The number of thiophene rings is 1. The summed E-state index contributed by atoms with van der Waals surface area (Å²) >= 11 is 7.76. The van der Waals surface area contributed by atoms with Crippen LogP contribution in [-0.2, 0) is 11.3 Å². The normalized spacial score (nSPS) is 14.0. The third kappa shape index (κ3) is 5.41. The summed E-state index contributed by atoms with van der Waals surface area (Å²) in [4.78, 5) is 1.26. The summed E-state index contributed by atoms with van der Waals surface area (Å²) in [6.45, 7) is 3.29. The van der Waals surface area contributed by atoms with E-state index in [1.54, 1.807) is 11.3 Å². The van der Waals surface area contributed by atoms with Gasteiger partial charge in [0, 0.05) is 22.5 Å². The van der Waals surface area contributed by atoms with Gasteiger partial charge in [0.1, 0.15) is 0 Å². The molecule has 1 aromatic heterocycles. The van der Waals surface area contributed by atoms with E-state index in [-0.39, 0.29) is 12.6 Å². The summed E-state index contributed by atoms with van der Waals surface area (Å²) in [6, 6.07) is 11.9. The van der Waals surface area contributed by atoms with Crippen LogP contribution in [-0.4, -0.2) is 24.4 Å². The molecule has 0 spiro atoms. The van der Waals surface area contributed by atoms with Gasteiger partial charge in [-0.15, -0.1) is 11.3 Å². The lowest BCUT2D eigenvalue weighted by atomic mass is 10.2. The molecule has 2 N–H and O–H groups in total. The lowest BCUT2D eigenvalue weighted by Crippen LogP contribution is -2.31. The number of nitrogens with one attached hydrogen (secondary N) is 1. The first kappa shape index (κ1) is 16.5. The van der Waals surface area contributed by atoms with Gasteiger partial charge < -0.3 is 15.2 Å². The monoisotopic (exact) mass is 325 g/mol. The summed E-state index contributed by atoms with van der Waals surface area (Å²) in [5.74, 6) is 0. The second-order valence-corrected chi connectivity index (χ2v) is 6.29. The van der Waals surface area contributed by atoms with Gasteiger partial charge in [0.25, 0.3) is 0 Å². The molecule has 21 heavy (non-hydrogen) atoms. The minimum Gasteiger partial charge on any atom is -0.389 e. The van der Waals surface area contributed by atoms with Crippen molar-refractivity contribution in [1.82, 2.24) is 5.32 Å². The molecular formula is C16H20ClNO2S. The Kier molecular flexibility index (Phi) is 6.67. The Morgan fingerprint density at radius 1 is 1.29 bits per heavy atom. The predicted octanol–water partition coefficient (Wildman–Crippen LogP) is 3.63. The van der Waals surface area contributed by atoms with Crippen molar-refractivity contribution >= 4 is 22.9 Å². The van der Waals surface area contributed by atoms with Gasteiger partial charge in [-0.1, -0.05) is 35.9 Å². The van der Waals surface area contributed by atoms with Crippen LogP contribution < -0.4 is 5.32 Å². The minimum absolute atomic E-state index is 0.239. The molecule has 3 nitrogen and oxygen atoms in total. The molecule has 0 aliphatic carbocycles. The fraction of sp³-hybridized carbons (Fsp3) is 0.375. The number of halogens is 1. The van der Waals surface area contributed by atoms with E-state index in [0.717, 1.165) is 5.56 Å². The van der Waals surface area contributed by atoms with Crippen molar-refractivity contribution < 1.29 is 9.84 Å². The second-order valence-electron chi connectivity index (χ2n) is 4.91. The third-order valence-corrected chi connectivity index (χ3v) is 4.58. The lowest BCUT2D eigenvalue weighted by Gasteiger charge is -2.16. The molecule has 0 amide bonds. The summed E-state index contributed by atoms with van der Waals surface area (Å²) in [7, 11) is 0. The van der Waals surface area contributed by atoms with E-state index in [1.807, 2.05) is 30.3 Å². The predicted molar refractivity (Wildman–Crippen MR) is 87.9 cm³/mol. The van der Waals surface area contributed by atoms with E-state index < -0.39 is 6.10 Å². The molecule has 1 heterocycles. The maximum absolute atomic E-state index is 9.93. The van der Waals surface area contributed by atoms with Gasteiger partial charge in [0.05, 0.1) is 19.3 Å². The van der Waals surface area contributed by atoms with Gasteiger partial charge in [-0.2, -0.15) is 0 Å². The zero-order valence-electron chi connectivity index (χ0n) is 12.0. The Bertz CT molecular complexity index is 533. The van der Waals surface area contributed by atoms with Crippen molar-refractivity contribution in [3.8, 4) is 0 Å². The number of benzene rings is 1. The first-order valence-electron chi connectivity index (χ1n) is 6.93. The molecule has 2 aromatic rings. The van der Waals surface area contributed by atoms with E-state index in [9.17, 15) is 5.11 Å². The van der Waals surface area contributed by atoms with Crippen molar-refractivity contribution in [1.29, 1.82) is 0 Å². The summed E-state index contributed by atoms with van der Waals surface area (Å²) in [6.07, 6.45) is -0.533. The quantitative estimate of drug-likeness (QED) is 0.778. The molecule has 2 unspecified atom stereocenters. The number of hydrogen-bond acceptors (Lipinski definition) is 4. The minimum atomic E-state index is -0.533. The lowest BCUT2D eigenvalue weighted by molar-refractivity contribution is 0.0279. The summed E-state index contributed by atoms with van der Waals surface area (Å²) in [5.41, 5.74) is 0.936. The molecule has 2 atom stereocenters. The number of aliphatic hydroxyl groups is 1. The van der Waals surface area contributed by atoms with Crippen LogP contribution in [0.4, 0.5) is 0 Å². The zero-order valence-corrected chi connectivity index (χ0v) is 13.5. The van der Waals surface area contributed by atoms with Crippen molar-refractivity contribution in [3.63, 3.8) is 0 Å². The SMILES string of the molecule is CC(NCC(O)COCc1ccccc1Cl)c1cccs1. The largest absolute Gasteiger partial charge is 0.389 e. The Labute approximate surface area is 134 Å². The molecule has 0 radical (unpaired) electrons. The number of ether oxygens (including phenoxy) is 1. The topological polar surface area (TPSA) is 41.5 Å². The van der Waals surface area contributed by atoms with Crippen molar-refractivity contribution in [3.05, 3.63) is 57.2 Å². The maximum atomic E-state index is 9.93. The van der Waals surface area contributed by atoms with Crippen molar-refractivity contribution in [2.45, 2.75) is 25.7 Å². The Morgan fingerprint density at radius 2 is 2.10 bits per heavy atom. The first-order valence-corrected chi connectivity index (χ1v) is 8.18. The Morgan fingerprint density at radius 3 is 2.81 bits per heavy atom. The van der Waals surface area contributed by atoms with Crippen LogP contribution in [0.15, 0.2) is 41.8 Å². The van der Waals surface area contributed by atoms with E-state index in [0.29, 0.717) is 18.2 Å². The van der Waals surface area contributed by atoms with E-state index >= 15 is 0 Å². The van der Waals surface area contributed by atoms with Crippen LogP contribution >= 0.6 is 22.9 Å². The molecule has 0 saturated heterocycles. The molecule has 0 aliphatic rings. The Hall–Kier alpha value is -0.910. The molecule has 114 valence electrons. The highest BCUT2D eigenvalue weighted by molar-refractivity contribution is 7.10. The molecule has 0 saturated carbocycles. The molecule has 0 fully saturated rings. The number of aliphatic hydroxyl groups excluding tert-OH is 1. The molecular weight excluding hydrogens is 306 g/mol. The van der Waals surface area contributed by atoms with Crippen LogP contribution in [0, 0.1) is 0 Å². The van der Waals surface area contributed by atoms with E-state index in [2.05, 4.69) is 23.7 Å². The van der Waals surface area contributed by atoms with E-state index in [1.165, 1.54) is 4.88 Å². The van der Waals surface area contributed by atoms with Gasteiger partial charge in [-0.05, 0) is 30.0 Å². The molecule has 0 bridgehead atoms. The highest BCUT2D eigenvalue weighted by Crippen LogP contribution is 2.18. The number of rotatable bonds is 8. The van der Waals surface area contributed by atoms with Gasteiger partial charge >= 0.3 is 0 Å². The van der Waals surface area contributed by atoms with Gasteiger partial charge in [-0.3, -0.25) is 0 Å². The third-order valence-electron chi connectivity index (χ3n) is 3.16. The fourth-order valence-electron chi connectivity index (χ4n) is 1.93. The van der Waals surface area contributed by atoms with E-state index in [4.69, 9.17) is 16.3 Å². The Balaban J connectivity index is 1.66. The summed E-state index contributed by atoms with van der Waals surface area (Å²) < 4.78 is 5.51. The fourth-order valence-corrected chi connectivity index (χ4v) is 2.88. The number of hydrogen-bond donors (Lipinski definition) is 2. The smallest absolute Gasteiger partial charge is 0.0898 e. The standard InChI is InChI=1S/C16H20ClNO2S/c1-12(16-7-4-8-21-16)18-9-14(19)11-20-10-13-5-2-3-6-15(13)17/h2-8,12,14,18-19H,9-11H2,1H3. The average molecular weight is 326 g/mol.